The van der Waals surface area contributed by atoms with Gasteiger partial charge in [-0.25, -0.2) is 0 Å². The summed E-state index contributed by atoms with van der Waals surface area (Å²) >= 11 is 0. The minimum Gasteiger partial charge on any atom is -0.373 e. The first-order chi connectivity index (χ1) is 8.63. The molecule has 0 bridgehead atoms. The molecule has 18 heavy (non-hydrogen) atoms. The Kier molecular flexibility index (Phi) is 5.05. The summed E-state index contributed by atoms with van der Waals surface area (Å²) in [5.41, 5.74) is 0. The Balaban J connectivity index is 2.02. The predicted molar refractivity (Wildman–Crippen MR) is 75.8 cm³/mol. The van der Waals surface area contributed by atoms with Gasteiger partial charge in [-0.05, 0) is 46.1 Å². The summed E-state index contributed by atoms with van der Waals surface area (Å²) in [6.07, 6.45) is 6.19. The summed E-state index contributed by atoms with van der Waals surface area (Å²) < 4.78 is 5.87. The molecule has 106 valence electrons. The standard InChI is InChI=1S/C15H30N2O/c1-5-13-6-7-14(16-4)15(8-13)17-9-11(2)18-12(3)10-17/h11-16H,5-10H2,1-4H3. The number of likely N-dealkylation sites (N-methyl/N-ethyl adjacent to an activating group) is 1. The van der Waals surface area contributed by atoms with Gasteiger partial charge in [-0.15, -0.1) is 0 Å². The lowest BCUT2D eigenvalue weighted by Crippen LogP contribution is -2.58. The number of hydrogen-bond acceptors (Lipinski definition) is 3. The Bertz CT molecular complexity index is 249. The van der Waals surface area contributed by atoms with Crippen molar-refractivity contribution in [1.29, 1.82) is 0 Å². The number of nitrogens with zero attached hydrogens (tertiary/aromatic N) is 1. The summed E-state index contributed by atoms with van der Waals surface area (Å²) in [5, 5.41) is 3.54. The molecule has 3 nitrogen and oxygen atoms in total. The highest BCUT2D eigenvalue weighted by atomic mass is 16.5. The number of rotatable bonds is 3. The molecular formula is C15H30N2O. The van der Waals surface area contributed by atoms with Crippen LogP contribution in [-0.4, -0.2) is 49.3 Å². The average Bonchev–Trinajstić information content (AvgIpc) is 2.36. The first-order valence-electron chi connectivity index (χ1n) is 7.70. The zero-order chi connectivity index (χ0) is 13.1. The zero-order valence-corrected chi connectivity index (χ0v) is 12.5. The number of hydrogen-bond donors (Lipinski definition) is 1. The molecule has 1 heterocycles. The van der Waals surface area contributed by atoms with Gasteiger partial charge in [0, 0.05) is 25.2 Å². The second-order valence-electron chi connectivity index (χ2n) is 6.26. The van der Waals surface area contributed by atoms with E-state index in [1.54, 1.807) is 0 Å². The molecule has 1 aliphatic carbocycles. The minimum atomic E-state index is 0.383. The van der Waals surface area contributed by atoms with Crippen molar-refractivity contribution in [3.63, 3.8) is 0 Å². The molecule has 3 heteroatoms. The van der Waals surface area contributed by atoms with E-state index in [2.05, 4.69) is 38.0 Å². The van der Waals surface area contributed by atoms with Gasteiger partial charge in [-0.3, -0.25) is 4.90 Å². The van der Waals surface area contributed by atoms with Crippen LogP contribution in [0.3, 0.4) is 0 Å². The molecule has 0 amide bonds. The normalized spacial score (nSPS) is 43.0. The topological polar surface area (TPSA) is 24.5 Å². The van der Waals surface area contributed by atoms with Crippen molar-refractivity contribution in [1.82, 2.24) is 10.2 Å². The molecule has 5 atom stereocenters. The average molecular weight is 254 g/mol. The molecule has 1 saturated heterocycles. The van der Waals surface area contributed by atoms with E-state index in [9.17, 15) is 0 Å². The molecule has 2 aliphatic rings. The van der Waals surface area contributed by atoms with Gasteiger partial charge in [0.25, 0.3) is 0 Å². The van der Waals surface area contributed by atoms with Gasteiger partial charge in [-0.1, -0.05) is 13.3 Å². The van der Waals surface area contributed by atoms with Crippen molar-refractivity contribution in [2.75, 3.05) is 20.1 Å². The third kappa shape index (κ3) is 3.25. The van der Waals surface area contributed by atoms with E-state index in [1.165, 1.54) is 25.7 Å². The lowest BCUT2D eigenvalue weighted by Gasteiger charge is -2.46. The Hall–Kier alpha value is -0.120. The van der Waals surface area contributed by atoms with Gasteiger partial charge in [-0.2, -0.15) is 0 Å². The summed E-state index contributed by atoms with van der Waals surface area (Å²) in [5.74, 6) is 0.924. The second kappa shape index (κ2) is 6.36. The van der Waals surface area contributed by atoms with E-state index in [4.69, 9.17) is 4.74 Å². The van der Waals surface area contributed by atoms with Crippen molar-refractivity contribution in [2.45, 2.75) is 70.7 Å². The highest BCUT2D eigenvalue weighted by molar-refractivity contribution is 4.92. The van der Waals surface area contributed by atoms with Crippen molar-refractivity contribution in [2.24, 2.45) is 5.92 Å². The van der Waals surface area contributed by atoms with Crippen LogP contribution < -0.4 is 5.32 Å². The first-order valence-corrected chi connectivity index (χ1v) is 7.70. The molecule has 0 aromatic carbocycles. The van der Waals surface area contributed by atoms with Crippen molar-refractivity contribution >= 4 is 0 Å². The van der Waals surface area contributed by atoms with E-state index in [-0.39, 0.29) is 0 Å². The van der Waals surface area contributed by atoms with Gasteiger partial charge in [0.1, 0.15) is 0 Å². The Morgan fingerprint density at radius 3 is 2.39 bits per heavy atom. The van der Waals surface area contributed by atoms with Crippen molar-refractivity contribution in [3.05, 3.63) is 0 Å². The van der Waals surface area contributed by atoms with Crippen LogP contribution in [0.25, 0.3) is 0 Å². The molecule has 1 saturated carbocycles. The molecule has 0 aromatic heterocycles. The van der Waals surface area contributed by atoms with E-state index < -0.39 is 0 Å². The van der Waals surface area contributed by atoms with E-state index in [0.717, 1.165) is 19.0 Å². The number of ether oxygens (including phenoxy) is 1. The van der Waals surface area contributed by atoms with Gasteiger partial charge >= 0.3 is 0 Å². The highest BCUT2D eigenvalue weighted by Crippen LogP contribution is 2.31. The maximum atomic E-state index is 5.87. The molecule has 0 aromatic rings. The van der Waals surface area contributed by atoms with Crippen molar-refractivity contribution < 1.29 is 4.74 Å². The quantitative estimate of drug-likeness (QED) is 0.836. The fourth-order valence-corrected chi connectivity index (χ4v) is 3.83. The van der Waals surface area contributed by atoms with E-state index in [1.807, 2.05) is 0 Å². The van der Waals surface area contributed by atoms with Crippen LogP contribution in [-0.2, 0) is 4.74 Å². The largest absolute Gasteiger partial charge is 0.373 e. The number of morpholine rings is 1. The van der Waals surface area contributed by atoms with Crippen LogP contribution in [0.2, 0.25) is 0 Å². The lowest BCUT2D eigenvalue weighted by atomic mass is 9.80. The summed E-state index contributed by atoms with van der Waals surface area (Å²) in [6, 6.07) is 1.38. The Morgan fingerprint density at radius 2 is 1.83 bits per heavy atom. The Morgan fingerprint density at radius 1 is 1.17 bits per heavy atom. The fourth-order valence-electron chi connectivity index (χ4n) is 3.83. The smallest absolute Gasteiger partial charge is 0.0678 e. The van der Waals surface area contributed by atoms with Crippen LogP contribution in [0.5, 0.6) is 0 Å². The third-order valence-electron chi connectivity index (χ3n) is 4.79. The maximum absolute atomic E-state index is 5.87. The van der Waals surface area contributed by atoms with Crippen LogP contribution >= 0.6 is 0 Å². The number of nitrogens with one attached hydrogen (secondary N) is 1. The summed E-state index contributed by atoms with van der Waals surface area (Å²) in [7, 11) is 2.12. The van der Waals surface area contributed by atoms with Crippen LogP contribution in [0.1, 0.15) is 46.5 Å². The monoisotopic (exact) mass is 254 g/mol. The molecule has 0 spiro atoms. The summed E-state index contributed by atoms with van der Waals surface area (Å²) in [6.45, 7) is 8.95. The third-order valence-corrected chi connectivity index (χ3v) is 4.79. The molecule has 0 radical (unpaired) electrons. The Labute approximate surface area is 112 Å². The molecule has 5 unspecified atom stereocenters. The second-order valence-corrected chi connectivity index (χ2v) is 6.26. The van der Waals surface area contributed by atoms with Crippen molar-refractivity contribution in [3.8, 4) is 0 Å². The lowest BCUT2D eigenvalue weighted by molar-refractivity contribution is -0.0902. The van der Waals surface area contributed by atoms with Crippen LogP contribution in [0.4, 0.5) is 0 Å². The highest BCUT2D eigenvalue weighted by Gasteiger charge is 2.36. The van der Waals surface area contributed by atoms with E-state index in [0.29, 0.717) is 24.3 Å². The van der Waals surface area contributed by atoms with Gasteiger partial charge in [0.15, 0.2) is 0 Å². The van der Waals surface area contributed by atoms with Gasteiger partial charge < -0.3 is 10.1 Å². The molecule has 2 fully saturated rings. The first kappa shape index (κ1) is 14.3. The van der Waals surface area contributed by atoms with E-state index >= 15 is 0 Å². The molecule has 2 rings (SSSR count). The minimum absolute atomic E-state index is 0.383. The molecular weight excluding hydrogens is 224 g/mol. The summed E-state index contributed by atoms with van der Waals surface area (Å²) in [4.78, 5) is 2.68. The zero-order valence-electron chi connectivity index (χ0n) is 12.5. The predicted octanol–water partition coefficient (Wildman–Crippen LogP) is 2.26. The fraction of sp³-hybridized carbons (Fsp3) is 1.00. The van der Waals surface area contributed by atoms with Crippen LogP contribution in [0, 0.1) is 5.92 Å². The molecule has 1 aliphatic heterocycles. The van der Waals surface area contributed by atoms with Gasteiger partial charge in [0.05, 0.1) is 12.2 Å². The maximum Gasteiger partial charge on any atom is 0.0678 e. The van der Waals surface area contributed by atoms with Crippen LogP contribution in [0.15, 0.2) is 0 Å². The SMILES string of the molecule is CCC1CCC(NC)C(N2CC(C)OC(C)C2)C1. The molecule has 1 N–H and O–H groups in total. The van der Waals surface area contributed by atoms with Gasteiger partial charge in [0.2, 0.25) is 0 Å².